The first-order valence-electron chi connectivity index (χ1n) is 9.91. The lowest BCUT2D eigenvalue weighted by molar-refractivity contribution is -0.385. The lowest BCUT2D eigenvalue weighted by atomic mass is 10.1. The quantitative estimate of drug-likeness (QED) is 0.180. The Labute approximate surface area is 198 Å². The lowest BCUT2D eigenvalue weighted by Gasteiger charge is -2.13. The molecule has 0 amide bonds. The maximum atomic E-state index is 10.7. The SMILES string of the molecule is COc1cc(/C=N/Nc2ccc([N+](=O)[O-])cn2)c(Br)cc1OCc1ccc2ccccc2c1. The lowest BCUT2D eigenvalue weighted by Crippen LogP contribution is -2.00. The van der Waals surface area contributed by atoms with Crippen LogP contribution in [0.5, 0.6) is 11.5 Å². The summed E-state index contributed by atoms with van der Waals surface area (Å²) in [7, 11) is 1.58. The van der Waals surface area contributed by atoms with E-state index in [0.29, 0.717) is 23.9 Å². The van der Waals surface area contributed by atoms with Gasteiger partial charge in [0.15, 0.2) is 11.5 Å². The minimum Gasteiger partial charge on any atom is -0.493 e. The average molecular weight is 507 g/mol. The summed E-state index contributed by atoms with van der Waals surface area (Å²) in [6.45, 7) is 0.397. The molecule has 3 aromatic carbocycles. The fourth-order valence-electron chi connectivity index (χ4n) is 3.14. The van der Waals surface area contributed by atoms with Gasteiger partial charge in [-0.3, -0.25) is 15.5 Å². The highest BCUT2D eigenvalue weighted by atomic mass is 79.9. The van der Waals surface area contributed by atoms with Crippen LogP contribution in [-0.4, -0.2) is 23.2 Å². The monoisotopic (exact) mass is 506 g/mol. The van der Waals surface area contributed by atoms with Crippen LogP contribution >= 0.6 is 15.9 Å². The number of nitro groups is 1. The molecule has 0 aliphatic carbocycles. The van der Waals surface area contributed by atoms with Crippen LogP contribution in [0.2, 0.25) is 0 Å². The molecular weight excluding hydrogens is 488 g/mol. The van der Waals surface area contributed by atoms with Gasteiger partial charge < -0.3 is 9.47 Å². The number of fused-ring (bicyclic) bond motifs is 1. The van der Waals surface area contributed by atoms with Crippen LogP contribution in [-0.2, 0) is 6.61 Å². The molecule has 0 atom stereocenters. The van der Waals surface area contributed by atoms with E-state index in [0.717, 1.165) is 21.0 Å². The third-order valence-electron chi connectivity index (χ3n) is 4.83. The van der Waals surface area contributed by atoms with Crippen LogP contribution in [0.4, 0.5) is 11.5 Å². The van der Waals surface area contributed by atoms with Crippen molar-refractivity contribution in [2.24, 2.45) is 5.10 Å². The van der Waals surface area contributed by atoms with Crippen LogP contribution in [0.15, 0.2) is 82.5 Å². The number of methoxy groups -OCH3 is 1. The Morgan fingerprint density at radius 3 is 2.64 bits per heavy atom. The van der Waals surface area contributed by atoms with E-state index in [-0.39, 0.29) is 5.69 Å². The van der Waals surface area contributed by atoms with Gasteiger partial charge in [-0.1, -0.05) is 36.4 Å². The molecule has 0 unspecified atom stereocenters. The molecule has 0 radical (unpaired) electrons. The van der Waals surface area contributed by atoms with Crippen molar-refractivity contribution >= 4 is 44.4 Å². The fourth-order valence-corrected chi connectivity index (χ4v) is 3.56. The van der Waals surface area contributed by atoms with Crippen LogP contribution < -0.4 is 14.9 Å². The number of pyridine rings is 1. The number of anilines is 1. The Hall–Kier alpha value is -3.98. The van der Waals surface area contributed by atoms with Crippen molar-refractivity contribution in [1.29, 1.82) is 0 Å². The minimum atomic E-state index is -0.507. The zero-order valence-electron chi connectivity index (χ0n) is 17.6. The molecule has 9 heteroatoms. The minimum absolute atomic E-state index is 0.0868. The molecule has 8 nitrogen and oxygen atoms in total. The molecule has 0 fully saturated rings. The topological polar surface area (TPSA) is 98.9 Å². The molecule has 4 aromatic rings. The summed E-state index contributed by atoms with van der Waals surface area (Å²) >= 11 is 3.54. The third-order valence-corrected chi connectivity index (χ3v) is 5.52. The zero-order valence-corrected chi connectivity index (χ0v) is 19.2. The van der Waals surface area contributed by atoms with Gasteiger partial charge >= 0.3 is 0 Å². The van der Waals surface area contributed by atoms with Crippen LogP contribution in [0.1, 0.15) is 11.1 Å². The number of rotatable bonds is 8. The van der Waals surface area contributed by atoms with E-state index < -0.39 is 4.92 Å². The summed E-state index contributed by atoms with van der Waals surface area (Å²) in [6, 6.07) is 20.9. The highest BCUT2D eigenvalue weighted by molar-refractivity contribution is 9.10. The largest absolute Gasteiger partial charge is 0.493 e. The van der Waals surface area contributed by atoms with Gasteiger partial charge in [0.25, 0.3) is 5.69 Å². The number of hydrazone groups is 1. The number of hydrogen-bond donors (Lipinski definition) is 1. The van der Waals surface area contributed by atoms with E-state index >= 15 is 0 Å². The Balaban J connectivity index is 1.45. The number of benzene rings is 3. The Bertz CT molecular complexity index is 1330. The first-order valence-corrected chi connectivity index (χ1v) is 10.7. The number of ether oxygens (including phenoxy) is 2. The molecule has 0 bridgehead atoms. The van der Waals surface area contributed by atoms with Crippen molar-refractivity contribution in [2.75, 3.05) is 12.5 Å². The standard InChI is InChI=1S/C24H19BrN4O4/c1-32-22-11-19(13-27-28-24-9-8-20(14-26-24)29(30)31)21(25)12-23(22)33-15-16-6-7-17-4-2-3-5-18(17)10-16/h2-14H,15H2,1H3,(H,26,28)/b27-13+. The van der Waals surface area contributed by atoms with E-state index in [1.54, 1.807) is 19.4 Å². The maximum absolute atomic E-state index is 10.7. The second-order valence-corrected chi connectivity index (χ2v) is 7.88. The maximum Gasteiger partial charge on any atom is 0.287 e. The molecule has 0 spiro atoms. The summed E-state index contributed by atoms with van der Waals surface area (Å²) in [5, 5.41) is 17.2. The molecule has 0 saturated carbocycles. The van der Waals surface area contributed by atoms with Gasteiger partial charge in [0.1, 0.15) is 18.6 Å². The third kappa shape index (κ3) is 5.45. The molecule has 1 N–H and O–H groups in total. The molecule has 166 valence electrons. The predicted octanol–water partition coefficient (Wildman–Crippen LogP) is 5.94. The Morgan fingerprint density at radius 1 is 1.09 bits per heavy atom. The molecule has 0 saturated heterocycles. The normalized spacial score (nSPS) is 11.0. The molecule has 0 aliphatic rings. The van der Waals surface area contributed by atoms with Gasteiger partial charge in [-0.2, -0.15) is 5.10 Å². The van der Waals surface area contributed by atoms with Crippen molar-refractivity contribution in [3.63, 3.8) is 0 Å². The molecular formula is C24H19BrN4O4. The number of hydrogen-bond acceptors (Lipinski definition) is 7. The van der Waals surface area contributed by atoms with E-state index in [1.807, 2.05) is 24.3 Å². The van der Waals surface area contributed by atoms with E-state index in [9.17, 15) is 10.1 Å². The molecule has 4 rings (SSSR count). The van der Waals surface area contributed by atoms with Gasteiger partial charge in [-0.25, -0.2) is 4.98 Å². The summed E-state index contributed by atoms with van der Waals surface area (Å²) in [6.07, 6.45) is 2.75. The number of nitrogens with zero attached hydrogens (tertiary/aromatic N) is 3. The molecule has 33 heavy (non-hydrogen) atoms. The van der Waals surface area contributed by atoms with Crippen molar-refractivity contribution < 1.29 is 14.4 Å². The molecule has 1 heterocycles. The van der Waals surface area contributed by atoms with Crippen LogP contribution in [0, 0.1) is 10.1 Å². The summed E-state index contributed by atoms with van der Waals surface area (Å²) in [5.74, 6) is 1.55. The summed E-state index contributed by atoms with van der Waals surface area (Å²) in [5.41, 5.74) is 4.46. The second kappa shape index (κ2) is 10.1. The Kier molecular flexibility index (Phi) is 6.80. The highest BCUT2D eigenvalue weighted by Crippen LogP contribution is 2.33. The van der Waals surface area contributed by atoms with E-state index in [4.69, 9.17) is 9.47 Å². The van der Waals surface area contributed by atoms with E-state index in [1.165, 1.54) is 23.7 Å². The van der Waals surface area contributed by atoms with Gasteiger partial charge in [0.05, 0.1) is 18.2 Å². The van der Waals surface area contributed by atoms with Gasteiger partial charge in [0.2, 0.25) is 0 Å². The zero-order chi connectivity index (χ0) is 23.2. The first kappa shape index (κ1) is 22.2. The predicted molar refractivity (Wildman–Crippen MR) is 131 cm³/mol. The fraction of sp³-hybridized carbons (Fsp3) is 0.0833. The van der Waals surface area contributed by atoms with Crippen molar-refractivity contribution in [3.8, 4) is 11.5 Å². The van der Waals surface area contributed by atoms with E-state index in [2.05, 4.69) is 55.7 Å². The smallest absolute Gasteiger partial charge is 0.287 e. The Morgan fingerprint density at radius 2 is 1.91 bits per heavy atom. The molecule has 1 aromatic heterocycles. The van der Waals surface area contributed by atoms with Crippen LogP contribution in [0.3, 0.4) is 0 Å². The number of aromatic nitrogens is 1. The van der Waals surface area contributed by atoms with Crippen molar-refractivity contribution in [1.82, 2.24) is 4.98 Å². The van der Waals surface area contributed by atoms with Crippen molar-refractivity contribution in [2.45, 2.75) is 6.61 Å². The molecule has 0 aliphatic heterocycles. The van der Waals surface area contributed by atoms with Gasteiger partial charge in [0, 0.05) is 16.1 Å². The van der Waals surface area contributed by atoms with Crippen LogP contribution in [0.25, 0.3) is 10.8 Å². The van der Waals surface area contributed by atoms with Gasteiger partial charge in [-0.05, 0) is 56.5 Å². The second-order valence-electron chi connectivity index (χ2n) is 7.02. The van der Waals surface area contributed by atoms with Crippen molar-refractivity contribution in [3.05, 3.63) is 98.6 Å². The highest BCUT2D eigenvalue weighted by Gasteiger charge is 2.10. The number of nitrogens with one attached hydrogen (secondary N) is 1. The van der Waals surface area contributed by atoms with Gasteiger partial charge in [-0.15, -0.1) is 0 Å². The first-order chi connectivity index (χ1) is 16.0. The summed E-state index contributed by atoms with van der Waals surface area (Å²) < 4.78 is 12.3. The summed E-state index contributed by atoms with van der Waals surface area (Å²) in [4.78, 5) is 14.1. The number of halogens is 1. The average Bonchev–Trinajstić information content (AvgIpc) is 2.84.